The van der Waals surface area contributed by atoms with E-state index in [2.05, 4.69) is 0 Å². The third kappa shape index (κ3) is 2.13. The van der Waals surface area contributed by atoms with Crippen LogP contribution < -0.4 is 5.73 Å². The first kappa shape index (κ1) is 10.1. The molecule has 2 N–H and O–H groups in total. The molecule has 0 unspecified atom stereocenters. The van der Waals surface area contributed by atoms with E-state index in [4.69, 9.17) is 17.3 Å². The van der Waals surface area contributed by atoms with Crippen LogP contribution in [0.2, 0.25) is 5.02 Å². The Labute approximate surface area is 94.5 Å². The van der Waals surface area contributed by atoms with Crippen molar-refractivity contribution in [3.8, 4) is 11.1 Å². The molecule has 0 fully saturated rings. The second kappa shape index (κ2) is 3.95. The molecule has 0 amide bonds. The van der Waals surface area contributed by atoms with Gasteiger partial charge in [-0.1, -0.05) is 29.8 Å². The van der Waals surface area contributed by atoms with Crippen LogP contribution in [0.25, 0.3) is 11.1 Å². The molecule has 0 aliphatic carbocycles. The van der Waals surface area contributed by atoms with E-state index in [-0.39, 0.29) is 0 Å². The van der Waals surface area contributed by atoms with Crippen LogP contribution in [0, 0.1) is 6.92 Å². The van der Waals surface area contributed by atoms with Crippen LogP contribution in [-0.4, -0.2) is 0 Å². The van der Waals surface area contributed by atoms with E-state index in [0.717, 1.165) is 21.8 Å². The van der Waals surface area contributed by atoms with E-state index in [0.29, 0.717) is 0 Å². The summed E-state index contributed by atoms with van der Waals surface area (Å²) in [5.41, 5.74) is 9.99. The Balaban J connectivity index is 2.54. The monoisotopic (exact) mass is 217 g/mol. The predicted molar refractivity (Wildman–Crippen MR) is 66.0 cm³/mol. The van der Waals surface area contributed by atoms with Gasteiger partial charge in [-0.2, -0.15) is 0 Å². The summed E-state index contributed by atoms with van der Waals surface area (Å²) in [6.07, 6.45) is 0. The standard InChI is InChI=1S/C13H12ClN/c1-9-7-11(14)5-6-13(9)10-3-2-4-12(15)8-10/h2-8H,15H2,1H3. The second-order valence-corrected chi connectivity index (χ2v) is 4.02. The summed E-state index contributed by atoms with van der Waals surface area (Å²) in [7, 11) is 0. The first-order valence-electron chi connectivity index (χ1n) is 4.79. The zero-order valence-corrected chi connectivity index (χ0v) is 9.25. The van der Waals surface area contributed by atoms with Crippen molar-refractivity contribution in [1.82, 2.24) is 0 Å². The average molecular weight is 218 g/mol. The smallest absolute Gasteiger partial charge is 0.0409 e. The number of hydrogen-bond acceptors (Lipinski definition) is 1. The van der Waals surface area contributed by atoms with Crippen LogP contribution in [0.1, 0.15) is 5.56 Å². The normalized spacial score (nSPS) is 10.3. The summed E-state index contributed by atoms with van der Waals surface area (Å²) in [6, 6.07) is 13.7. The molecule has 0 saturated heterocycles. The van der Waals surface area contributed by atoms with Gasteiger partial charge < -0.3 is 5.73 Å². The molecular weight excluding hydrogens is 206 g/mol. The zero-order chi connectivity index (χ0) is 10.8. The molecule has 1 nitrogen and oxygen atoms in total. The Bertz CT molecular complexity index is 492. The first-order chi connectivity index (χ1) is 7.16. The van der Waals surface area contributed by atoms with E-state index in [1.54, 1.807) is 0 Å². The first-order valence-corrected chi connectivity index (χ1v) is 5.17. The van der Waals surface area contributed by atoms with Gasteiger partial charge in [-0.05, 0) is 47.9 Å². The number of benzene rings is 2. The lowest BCUT2D eigenvalue weighted by Gasteiger charge is -2.07. The van der Waals surface area contributed by atoms with Crippen molar-refractivity contribution in [2.45, 2.75) is 6.92 Å². The molecule has 15 heavy (non-hydrogen) atoms. The highest BCUT2D eigenvalue weighted by molar-refractivity contribution is 6.30. The predicted octanol–water partition coefficient (Wildman–Crippen LogP) is 3.90. The molecular formula is C13H12ClN. The van der Waals surface area contributed by atoms with Gasteiger partial charge in [0.05, 0.1) is 0 Å². The summed E-state index contributed by atoms with van der Waals surface area (Å²) in [4.78, 5) is 0. The SMILES string of the molecule is Cc1cc(Cl)ccc1-c1cccc(N)c1. The number of rotatable bonds is 1. The highest BCUT2D eigenvalue weighted by atomic mass is 35.5. The van der Waals surface area contributed by atoms with Crippen molar-refractivity contribution >= 4 is 17.3 Å². The lowest BCUT2D eigenvalue weighted by Crippen LogP contribution is -1.87. The van der Waals surface area contributed by atoms with E-state index < -0.39 is 0 Å². The van der Waals surface area contributed by atoms with Gasteiger partial charge in [-0.15, -0.1) is 0 Å². The van der Waals surface area contributed by atoms with E-state index >= 15 is 0 Å². The molecule has 0 spiro atoms. The summed E-state index contributed by atoms with van der Waals surface area (Å²) in [5, 5.41) is 0.764. The van der Waals surface area contributed by atoms with Gasteiger partial charge in [0.25, 0.3) is 0 Å². The fraction of sp³-hybridized carbons (Fsp3) is 0.0769. The van der Waals surface area contributed by atoms with E-state index in [9.17, 15) is 0 Å². The largest absolute Gasteiger partial charge is 0.399 e. The molecule has 0 atom stereocenters. The van der Waals surface area contributed by atoms with E-state index in [1.807, 2.05) is 49.4 Å². The molecule has 2 rings (SSSR count). The van der Waals surface area contributed by atoms with Crippen LogP contribution in [0.4, 0.5) is 5.69 Å². The maximum absolute atomic E-state index is 5.91. The second-order valence-electron chi connectivity index (χ2n) is 3.58. The summed E-state index contributed by atoms with van der Waals surface area (Å²) < 4.78 is 0. The van der Waals surface area contributed by atoms with Gasteiger partial charge in [-0.3, -0.25) is 0 Å². The van der Waals surface area contributed by atoms with Crippen molar-refractivity contribution in [3.63, 3.8) is 0 Å². The van der Waals surface area contributed by atoms with Gasteiger partial charge in [0, 0.05) is 10.7 Å². The summed E-state index contributed by atoms with van der Waals surface area (Å²) in [5.74, 6) is 0. The zero-order valence-electron chi connectivity index (χ0n) is 8.50. The summed E-state index contributed by atoms with van der Waals surface area (Å²) >= 11 is 5.91. The lowest BCUT2D eigenvalue weighted by atomic mass is 10.0. The van der Waals surface area contributed by atoms with Crippen molar-refractivity contribution in [1.29, 1.82) is 0 Å². The number of nitrogen functional groups attached to an aromatic ring is 1. The van der Waals surface area contributed by atoms with Crippen molar-refractivity contribution < 1.29 is 0 Å². The Kier molecular flexibility index (Phi) is 2.65. The molecule has 0 bridgehead atoms. The van der Waals surface area contributed by atoms with Gasteiger partial charge in [0.1, 0.15) is 0 Å². The Hall–Kier alpha value is -1.47. The number of nitrogens with two attached hydrogens (primary N) is 1. The van der Waals surface area contributed by atoms with E-state index in [1.165, 1.54) is 5.56 Å². The minimum Gasteiger partial charge on any atom is -0.399 e. The van der Waals surface area contributed by atoms with Gasteiger partial charge >= 0.3 is 0 Å². The average Bonchev–Trinajstić information content (AvgIpc) is 2.17. The van der Waals surface area contributed by atoms with Crippen LogP contribution in [-0.2, 0) is 0 Å². The molecule has 0 aromatic heterocycles. The van der Waals surface area contributed by atoms with Crippen molar-refractivity contribution in [3.05, 3.63) is 53.1 Å². The molecule has 0 aliphatic rings. The maximum atomic E-state index is 5.91. The fourth-order valence-corrected chi connectivity index (χ4v) is 1.88. The van der Waals surface area contributed by atoms with Crippen LogP contribution in [0.5, 0.6) is 0 Å². The molecule has 0 heterocycles. The molecule has 76 valence electrons. The molecule has 2 aromatic carbocycles. The molecule has 0 radical (unpaired) electrons. The lowest BCUT2D eigenvalue weighted by molar-refractivity contribution is 1.46. The van der Waals surface area contributed by atoms with Crippen molar-refractivity contribution in [2.75, 3.05) is 5.73 Å². The highest BCUT2D eigenvalue weighted by Crippen LogP contribution is 2.26. The van der Waals surface area contributed by atoms with Gasteiger partial charge in [-0.25, -0.2) is 0 Å². The van der Waals surface area contributed by atoms with Crippen molar-refractivity contribution in [2.24, 2.45) is 0 Å². The fourth-order valence-electron chi connectivity index (χ4n) is 1.66. The molecule has 0 aliphatic heterocycles. The minimum absolute atomic E-state index is 0.764. The number of hydrogen-bond donors (Lipinski definition) is 1. The number of anilines is 1. The van der Waals surface area contributed by atoms with Crippen LogP contribution in [0.3, 0.4) is 0 Å². The summed E-state index contributed by atoms with van der Waals surface area (Å²) in [6.45, 7) is 2.05. The molecule has 2 aromatic rings. The minimum atomic E-state index is 0.764. The third-order valence-electron chi connectivity index (χ3n) is 2.39. The number of aryl methyl sites for hydroxylation is 1. The Morgan fingerprint density at radius 3 is 2.53 bits per heavy atom. The molecule has 2 heteroatoms. The Morgan fingerprint density at radius 1 is 1.07 bits per heavy atom. The van der Waals surface area contributed by atoms with Crippen LogP contribution >= 0.6 is 11.6 Å². The quantitative estimate of drug-likeness (QED) is 0.721. The topological polar surface area (TPSA) is 26.0 Å². The van der Waals surface area contributed by atoms with Gasteiger partial charge in [0.2, 0.25) is 0 Å². The molecule has 0 saturated carbocycles. The van der Waals surface area contributed by atoms with Gasteiger partial charge in [0.15, 0.2) is 0 Å². The third-order valence-corrected chi connectivity index (χ3v) is 2.62. The Morgan fingerprint density at radius 2 is 1.87 bits per heavy atom. The number of halogens is 1. The highest BCUT2D eigenvalue weighted by Gasteiger charge is 2.02. The maximum Gasteiger partial charge on any atom is 0.0409 e. The van der Waals surface area contributed by atoms with Crippen LogP contribution in [0.15, 0.2) is 42.5 Å².